The van der Waals surface area contributed by atoms with Gasteiger partial charge in [0.2, 0.25) is 0 Å². The van der Waals surface area contributed by atoms with Crippen molar-refractivity contribution in [1.29, 1.82) is 0 Å². The Bertz CT molecular complexity index is 569. The minimum Gasteiger partial charge on any atom is -0.478 e. The van der Waals surface area contributed by atoms with Gasteiger partial charge in [-0.1, -0.05) is 6.07 Å². The molecular formula is C13H13F3O6. The van der Waals surface area contributed by atoms with Crippen LogP contribution < -0.4 is 0 Å². The summed E-state index contributed by atoms with van der Waals surface area (Å²) in [5.41, 5.74) is -2.96. The first-order valence-electron chi connectivity index (χ1n) is 6.06. The number of hydrogen-bond donors (Lipinski definition) is 3. The molecule has 0 saturated carbocycles. The van der Waals surface area contributed by atoms with E-state index in [1.807, 2.05) is 0 Å². The third-order valence-corrected chi connectivity index (χ3v) is 2.75. The first kappa shape index (κ1) is 17.9. The number of ether oxygens (including phenoxy) is 1. The van der Waals surface area contributed by atoms with Crippen LogP contribution in [0.15, 0.2) is 18.2 Å². The van der Waals surface area contributed by atoms with Gasteiger partial charge in [-0.25, -0.2) is 9.59 Å². The maximum atomic E-state index is 12.8. The molecule has 0 aliphatic rings. The second kappa shape index (κ2) is 6.75. The van der Waals surface area contributed by atoms with E-state index < -0.39 is 47.0 Å². The van der Waals surface area contributed by atoms with Gasteiger partial charge in [0, 0.05) is 0 Å². The van der Waals surface area contributed by atoms with Crippen LogP contribution in [0, 0.1) is 0 Å². The van der Waals surface area contributed by atoms with E-state index in [2.05, 4.69) is 4.74 Å². The van der Waals surface area contributed by atoms with Gasteiger partial charge in [0.1, 0.15) is 6.10 Å². The van der Waals surface area contributed by atoms with Crippen molar-refractivity contribution in [3.63, 3.8) is 0 Å². The van der Waals surface area contributed by atoms with E-state index in [1.54, 1.807) is 0 Å². The molecule has 3 N–H and O–H groups in total. The predicted molar refractivity (Wildman–Crippen MR) is 66.0 cm³/mol. The van der Waals surface area contributed by atoms with E-state index in [4.69, 9.17) is 5.11 Å². The van der Waals surface area contributed by atoms with Gasteiger partial charge in [0.15, 0.2) is 6.10 Å². The average molecular weight is 322 g/mol. The number of rotatable bonds is 5. The maximum absolute atomic E-state index is 12.8. The van der Waals surface area contributed by atoms with E-state index in [0.717, 1.165) is 6.07 Å². The summed E-state index contributed by atoms with van der Waals surface area (Å²) in [5, 5.41) is 28.0. The molecule has 122 valence electrons. The zero-order chi connectivity index (χ0) is 17.1. The lowest BCUT2D eigenvalue weighted by Crippen LogP contribution is -2.30. The highest BCUT2D eigenvalue weighted by molar-refractivity contribution is 5.89. The van der Waals surface area contributed by atoms with Crippen LogP contribution in [0.1, 0.15) is 34.5 Å². The van der Waals surface area contributed by atoms with Crippen molar-refractivity contribution in [3.05, 3.63) is 34.9 Å². The number of esters is 1. The number of halogens is 3. The van der Waals surface area contributed by atoms with E-state index in [1.165, 1.54) is 6.92 Å². The molecule has 1 aromatic rings. The molecule has 1 aromatic carbocycles. The summed E-state index contributed by atoms with van der Waals surface area (Å²) in [6.07, 6.45) is -9.04. The number of alkyl halides is 3. The fraction of sp³-hybridized carbons (Fsp3) is 0.385. The number of carbonyl (C=O) groups is 2. The quantitative estimate of drug-likeness (QED) is 0.707. The molecular weight excluding hydrogens is 309 g/mol. The average Bonchev–Trinajstić information content (AvgIpc) is 2.44. The van der Waals surface area contributed by atoms with E-state index in [0.29, 0.717) is 12.1 Å². The molecule has 0 aliphatic carbocycles. The molecule has 1 rings (SSSR count). The summed E-state index contributed by atoms with van der Waals surface area (Å²) in [4.78, 5) is 22.1. The first-order chi connectivity index (χ1) is 10.1. The molecule has 0 heterocycles. The topological polar surface area (TPSA) is 104 Å². The number of aliphatic hydroxyl groups excluding tert-OH is 2. The molecule has 2 atom stereocenters. The maximum Gasteiger partial charge on any atom is 0.417 e. The van der Waals surface area contributed by atoms with E-state index in [9.17, 15) is 33.0 Å². The summed E-state index contributed by atoms with van der Waals surface area (Å²) in [5.74, 6) is -3.00. The lowest BCUT2D eigenvalue weighted by molar-refractivity contribution is -0.159. The molecule has 0 saturated heterocycles. The zero-order valence-electron chi connectivity index (χ0n) is 11.3. The second-order valence-electron chi connectivity index (χ2n) is 4.25. The van der Waals surface area contributed by atoms with Gasteiger partial charge >= 0.3 is 18.1 Å². The minimum absolute atomic E-state index is 0.0889. The van der Waals surface area contributed by atoms with Crippen LogP contribution in [0.2, 0.25) is 0 Å². The summed E-state index contributed by atoms with van der Waals surface area (Å²) >= 11 is 0. The number of carboxylic acid groups (broad SMARTS) is 1. The van der Waals surface area contributed by atoms with Crippen LogP contribution in [0.5, 0.6) is 0 Å². The lowest BCUT2D eigenvalue weighted by atomic mass is 9.98. The Kier molecular flexibility index (Phi) is 5.50. The van der Waals surface area contributed by atoms with Crippen LogP contribution >= 0.6 is 0 Å². The molecule has 0 fully saturated rings. The zero-order valence-corrected chi connectivity index (χ0v) is 11.3. The highest BCUT2D eigenvalue weighted by atomic mass is 19.4. The van der Waals surface area contributed by atoms with Crippen molar-refractivity contribution in [2.75, 3.05) is 6.61 Å². The van der Waals surface area contributed by atoms with Crippen molar-refractivity contribution in [2.24, 2.45) is 0 Å². The summed E-state index contributed by atoms with van der Waals surface area (Å²) in [6, 6.07) is 1.89. The molecule has 0 aromatic heterocycles. The molecule has 6 nitrogen and oxygen atoms in total. The van der Waals surface area contributed by atoms with E-state index >= 15 is 0 Å². The van der Waals surface area contributed by atoms with Gasteiger partial charge in [0.05, 0.1) is 17.7 Å². The van der Waals surface area contributed by atoms with Crippen LogP contribution in [0.25, 0.3) is 0 Å². The van der Waals surface area contributed by atoms with Crippen LogP contribution in [-0.4, -0.2) is 40.0 Å². The van der Waals surface area contributed by atoms with E-state index in [-0.39, 0.29) is 6.61 Å². The SMILES string of the molecule is CCOC(=O)C(O)C(O)c1ccc(C(=O)O)c(C(F)(F)F)c1. The highest BCUT2D eigenvalue weighted by Crippen LogP contribution is 2.34. The van der Waals surface area contributed by atoms with Crippen molar-refractivity contribution in [3.8, 4) is 0 Å². The molecule has 9 heteroatoms. The van der Waals surface area contributed by atoms with Gasteiger partial charge in [-0.15, -0.1) is 0 Å². The molecule has 2 unspecified atom stereocenters. The van der Waals surface area contributed by atoms with Gasteiger partial charge in [-0.2, -0.15) is 13.2 Å². The monoisotopic (exact) mass is 322 g/mol. The largest absolute Gasteiger partial charge is 0.478 e. The highest BCUT2D eigenvalue weighted by Gasteiger charge is 2.37. The normalized spacial score (nSPS) is 14.3. The number of aromatic carboxylic acids is 1. The summed E-state index contributed by atoms with van der Waals surface area (Å²) < 4.78 is 42.9. The second-order valence-corrected chi connectivity index (χ2v) is 4.25. The third-order valence-electron chi connectivity index (χ3n) is 2.75. The Labute approximate surface area is 122 Å². The standard InChI is InChI=1S/C13H13F3O6/c1-2-22-12(21)10(18)9(17)6-3-4-7(11(19)20)8(5-6)13(14,15)16/h3-5,9-10,17-18H,2H2,1H3,(H,19,20). The van der Waals surface area contributed by atoms with Crippen molar-refractivity contribution in [2.45, 2.75) is 25.3 Å². The molecule has 0 radical (unpaired) electrons. The van der Waals surface area contributed by atoms with Crippen molar-refractivity contribution in [1.82, 2.24) is 0 Å². The number of carbonyl (C=O) groups excluding carboxylic acids is 1. The minimum atomic E-state index is -4.97. The molecule has 22 heavy (non-hydrogen) atoms. The molecule has 0 amide bonds. The van der Waals surface area contributed by atoms with Gasteiger partial charge in [-0.3, -0.25) is 0 Å². The Hall–Kier alpha value is -2.13. The Morgan fingerprint density at radius 3 is 2.32 bits per heavy atom. The van der Waals surface area contributed by atoms with Crippen molar-refractivity contribution >= 4 is 11.9 Å². The molecule has 0 spiro atoms. The fourth-order valence-electron chi connectivity index (χ4n) is 1.71. The van der Waals surface area contributed by atoms with Gasteiger partial charge < -0.3 is 20.1 Å². The Morgan fingerprint density at radius 2 is 1.86 bits per heavy atom. The van der Waals surface area contributed by atoms with Gasteiger partial charge in [0.25, 0.3) is 0 Å². The number of benzene rings is 1. The van der Waals surface area contributed by atoms with Gasteiger partial charge in [-0.05, 0) is 24.6 Å². The Morgan fingerprint density at radius 1 is 1.27 bits per heavy atom. The summed E-state index contributed by atoms with van der Waals surface area (Å²) in [6.45, 7) is 1.36. The number of aliphatic hydroxyl groups is 2. The molecule has 0 aliphatic heterocycles. The number of carboxylic acids is 1. The number of hydrogen-bond acceptors (Lipinski definition) is 5. The van der Waals surface area contributed by atoms with Crippen LogP contribution in [0.4, 0.5) is 13.2 Å². The third kappa shape index (κ3) is 3.95. The smallest absolute Gasteiger partial charge is 0.417 e. The molecule has 0 bridgehead atoms. The van der Waals surface area contributed by atoms with Crippen LogP contribution in [-0.2, 0) is 15.7 Å². The first-order valence-corrected chi connectivity index (χ1v) is 6.06. The van der Waals surface area contributed by atoms with Crippen LogP contribution in [0.3, 0.4) is 0 Å². The fourth-order valence-corrected chi connectivity index (χ4v) is 1.71. The lowest BCUT2D eigenvalue weighted by Gasteiger charge is -2.19. The predicted octanol–water partition coefficient (Wildman–Crippen LogP) is 1.36. The summed E-state index contributed by atoms with van der Waals surface area (Å²) in [7, 11) is 0. The Balaban J connectivity index is 3.22. The van der Waals surface area contributed by atoms with Crippen molar-refractivity contribution < 1.29 is 42.8 Å².